The summed E-state index contributed by atoms with van der Waals surface area (Å²) < 4.78 is 11.9. The van der Waals surface area contributed by atoms with Crippen LogP contribution < -0.4 is 9.47 Å². The van der Waals surface area contributed by atoms with Crippen LogP contribution in [0.2, 0.25) is 0 Å². The van der Waals surface area contributed by atoms with Gasteiger partial charge >= 0.3 is 5.97 Å². The lowest BCUT2D eigenvalue weighted by Crippen LogP contribution is -2.09. The van der Waals surface area contributed by atoms with Gasteiger partial charge in [-0.15, -0.1) is 0 Å². The number of ether oxygens (including phenoxy) is 2. The summed E-state index contributed by atoms with van der Waals surface area (Å²) in [5.41, 5.74) is 2.85. The predicted molar refractivity (Wildman–Crippen MR) is 116 cm³/mol. The van der Waals surface area contributed by atoms with E-state index in [0.29, 0.717) is 36.4 Å². The molecular weight excluding hydrogens is 396 g/mol. The van der Waals surface area contributed by atoms with Gasteiger partial charge in [0.15, 0.2) is 0 Å². The van der Waals surface area contributed by atoms with Crippen molar-refractivity contribution in [3.8, 4) is 11.5 Å². The number of rotatable bonds is 9. The summed E-state index contributed by atoms with van der Waals surface area (Å²) >= 11 is 0. The molecule has 0 aromatic heterocycles. The second-order valence-corrected chi connectivity index (χ2v) is 6.85. The van der Waals surface area contributed by atoms with E-state index < -0.39 is 17.5 Å². The molecule has 0 saturated carbocycles. The average Bonchev–Trinajstić information content (AvgIpc) is 2.78. The number of aliphatic carboxylic acids is 1. The number of carbonyl (C=O) groups excluding carboxylic acids is 1. The maximum absolute atomic E-state index is 11.5. The molecular formula is C25H22O6. The van der Waals surface area contributed by atoms with Crippen LogP contribution in [0.3, 0.4) is 0 Å². The minimum atomic E-state index is -1.65. The van der Waals surface area contributed by atoms with E-state index in [4.69, 9.17) is 14.6 Å². The van der Waals surface area contributed by atoms with Gasteiger partial charge in [-0.05, 0) is 30.2 Å². The molecule has 3 aromatic rings. The first-order valence-corrected chi connectivity index (χ1v) is 9.60. The monoisotopic (exact) mass is 418 g/mol. The van der Waals surface area contributed by atoms with E-state index in [1.54, 1.807) is 12.1 Å². The number of ketones is 1. The molecule has 0 spiro atoms. The number of benzene rings is 3. The van der Waals surface area contributed by atoms with E-state index in [2.05, 4.69) is 0 Å². The normalized spacial score (nSPS) is 11.1. The fraction of sp³-hybridized carbons (Fsp3) is 0.120. The van der Waals surface area contributed by atoms with Gasteiger partial charge in [0, 0.05) is 17.2 Å². The zero-order chi connectivity index (χ0) is 22.2. The number of carbonyl (C=O) groups is 2. The van der Waals surface area contributed by atoms with Crippen molar-refractivity contribution < 1.29 is 29.3 Å². The Kier molecular flexibility index (Phi) is 7.06. The predicted octanol–water partition coefficient (Wildman–Crippen LogP) is 4.71. The van der Waals surface area contributed by atoms with Crippen LogP contribution >= 0.6 is 0 Å². The molecule has 0 aliphatic carbocycles. The Hall–Kier alpha value is -4.06. The van der Waals surface area contributed by atoms with Gasteiger partial charge < -0.3 is 19.7 Å². The van der Waals surface area contributed by atoms with Crippen LogP contribution in [0.15, 0.2) is 78.9 Å². The lowest BCUT2D eigenvalue weighted by molar-refractivity contribution is -0.146. The summed E-state index contributed by atoms with van der Waals surface area (Å²) in [6.07, 6.45) is 0.662. The molecule has 6 nitrogen and oxygen atoms in total. The first-order valence-electron chi connectivity index (χ1n) is 9.60. The molecule has 0 heterocycles. The molecule has 0 radical (unpaired) electrons. The zero-order valence-electron chi connectivity index (χ0n) is 16.9. The minimum absolute atomic E-state index is 0.214. The largest absolute Gasteiger partial charge is 0.507 e. The van der Waals surface area contributed by atoms with Gasteiger partial charge in [-0.1, -0.05) is 60.7 Å². The van der Waals surface area contributed by atoms with Gasteiger partial charge in [0.05, 0.1) is 0 Å². The molecule has 0 bridgehead atoms. The molecule has 0 saturated heterocycles. The van der Waals surface area contributed by atoms with Crippen LogP contribution in [0, 0.1) is 6.92 Å². The number of carboxylic acids is 1. The molecule has 3 rings (SSSR count). The van der Waals surface area contributed by atoms with E-state index >= 15 is 0 Å². The smallest absolute Gasteiger partial charge is 0.376 e. The summed E-state index contributed by atoms with van der Waals surface area (Å²) in [6, 6.07) is 22.2. The number of hydrogen-bond donors (Lipinski definition) is 2. The van der Waals surface area contributed by atoms with Crippen molar-refractivity contribution >= 4 is 17.5 Å². The summed E-state index contributed by atoms with van der Waals surface area (Å²) in [7, 11) is 0. The maximum atomic E-state index is 11.5. The highest BCUT2D eigenvalue weighted by Gasteiger charge is 2.15. The maximum Gasteiger partial charge on any atom is 0.376 e. The third kappa shape index (κ3) is 5.96. The quantitative estimate of drug-likeness (QED) is 0.297. The van der Waals surface area contributed by atoms with Crippen molar-refractivity contribution in [3.63, 3.8) is 0 Å². The van der Waals surface area contributed by atoms with E-state index in [-0.39, 0.29) is 5.56 Å². The third-order valence-electron chi connectivity index (χ3n) is 4.56. The highest BCUT2D eigenvalue weighted by Crippen LogP contribution is 2.33. The van der Waals surface area contributed by atoms with Crippen LogP contribution in [0.1, 0.15) is 22.3 Å². The number of aliphatic hydroxyl groups excluding tert-OH is 1. The lowest BCUT2D eigenvalue weighted by atomic mass is 10.1. The van der Waals surface area contributed by atoms with Gasteiger partial charge in [0.25, 0.3) is 5.78 Å². The molecule has 0 unspecified atom stereocenters. The fourth-order valence-corrected chi connectivity index (χ4v) is 2.85. The van der Waals surface area contributed by atoms with Crippen molar-refractivity contribution in [2.45, 2.75) is 20.1 Å². The van der Waals surface area contributed by atoms with Gasteiger partial charge in [-0.25, -0.2) is 4.79 Å². The first kappa shape index (κ1) is 21.6. The van der Waals surface area contributed by atoms with Gasteiger partial charge in [0.2, 0.25) is 0 Å². The number of carboxylic acid groups (broad SMARTS) is 1. The standard InChI is InChI=1S/C25H22O6/c1-17-23(30-15-18-8-4-2-5-9-18)12-20(21(26)14-22(27)25(28)29)13-24(17)31-16-19-10-6-3-7-11-19/h2-14,26H,15-16H2,1H3,(H,28,29)/b21-14-. The average molecular weight is 418 g/mol. The Bertz CT molecular complexity index is 1020. The Morgan fingerprint density at radius 2 is 1.26 bits per heavy atom. The topological polar surface area (TPSA) is 93.1 Å². The van der Waals surface area contributed by atoms with E-state index in [9.17, 15) is 14.7 Å². The Labute approximate surface area is 180 Å². The summed E-state index contributed by atoms with van der Waals surface area (Å²) in [5.74, 6) is -2.46. The zero-order valence-corrected chi connectivity index (χ0v) is 16.9. The highest BCUT2D eigenvalue weighted by atomic mass is 16.5. The van der Waals surface area contributed by atoms with Crippen molar-refractivity contribution in [1.82, 2.24) is 0 Å². The summed E-state index contributed by atoms with van der Waals surface area (Å²) in [4.78, 5) is 22.3. The number of aliphatic hydroxyl groups is 1. The van der Waals surface area contributed by atoms with Crippen LogP contribution in [0.4, 0.5) is 0 Å². The van der Waals surface area contributed by atoms with Crippen molar-refractivity contribution in [1.29, 1.82) is 0 Å². The second kappa shape index (κ2) is 10.1. The van der Waals surface area contributed by atoms with Crippen molar-refractivity contribution in [2.75, 3.05) is 0 Å². The molecule has 0 aliphatic rings. The van der Waals surface area contributed by atoms with Crippen LogP contribution in [-0.4, -0.2) is 22.0 Å². The fourth-order valence-electron chi connectivity index (χ4n) is 2.85. The van der Waals surface area contributed by atoms with E-state index in [1.807, 2.05) is 67.6 Å². The second-order valence-electron chi connectivity index (χ2n) is 6.85. The van der Waals surface area contributed by atoms with Gasteiger partial charge in [-0.3, -0.25) is 4.79 Å². The molecule has 31 heavy (non-hydrogen) atoms. The first-order chi connectivity index (χ1) is 14.9. The Morgan fingerprint density at radius 1 is 0.806 bits per heavy atom. The SMILES string of the molecule is Cc1c(OCc2ccccc2)cc(/C(O)=C/C(=O)C(=O)O)cc1OCc1ccccc1. The van der Waals surface area contributed by atoms with E-state index in [0.717, 1.165) is 11.1 Å². The Morgan fingerprint density at radius 3 is 1.68 bits per heavy atom. The van der Waals surface area contributed by atoms with Gasteiger partial charge in [0.1, 0.15) is 30.5 Å². The molecule has 2 N–H and O–H groups in total. The van der Waals surface area contributed by atoms with Gasteiger partial charge in [-0.2, -0.15) is 0 Å². The number of hydrogen-bond acceptors (Lipinski definition) is 5. The van der Waals surface area contributed by atoms with E-state index in [1.165, 1.54) is 0 Å². The molecule has 6 heteroatoms. The van der Waals surface area contributed by atoms with Crippen LogP contribution in [0.5, 0.6) is 11.5 Å². The highest BCUT2D eigenvalue weighted by molar-refractivity contribution is 6.38. The van der Waals surface area contributed by atoms with Crippen LogP contribution in [0.25, 0.3) is 5.76 Å². The molecule has 3 aromatic carbocycles. The third-order valence-corrected chi connectivity index (χ3v) is 4.56. The van der Waals surface area contributed by atoms with Crippen LogP contribution in [-0.2, 0) is 22.8 Å². The molecule has 0 amide bonds. The molecule has 158 valence electrons. The van der Waals surface area contributed by atoms with Crippen molar-refractivity contribution in [3.05, 3.63) is 101 Å². The molecule has 0 atom stereocenters. The Balaban J connectivity index is 1.91. The molecule has 0 fully saturated rings. The lowest BCUT2D eigenvalue weighted by Gasteiger charge is -2.16. The molecule has 0 aliphatic heterocycles. The summed E-state index contributed by atoms with van der Waals surface area (Å²) in [5, 5.41) is 19.1. The van der Waals surface area contributed by atoms with Crippen molar-refractivity contribution in [2.24, 2.45) is 0 Å². The summed E-state index contributed by atoms with van der Waals surface area (Å²) in [6.45, 7) is 2.41. The minimum Gasteiger partial charge on any atom is -0.507 e.